The zero-order valence-electron chi connectivity index (χ0n) is 15.3. The minimum Gasteiger partial charge on any atom is -0.370 e. The van der Waals surface area contributed by atoms with E-state index in [-0.39, 0.29) is 11.9 Å². The Bertz CT molecular complexity index is 850. The number of hydrogen-bond acceptors (Lipinski definition) is 4. The van der Waals surface area contributed by atoms with Gasteiger partial charge in [-0.1, -0.05) is 30.3 Å². The summed E-state index contributed by atoms with van der Waals surface area (Å²) in [6, 6.07) is 12.0. The molecule has 0 radical (unpaired) electrons. The lowest BCUT2D eigenvalue weighted by Gasteiger charge is -2.30. The molecule has 1 atom stereocenters. The molecule has 4 rings (SSSR count). The van der Waals surface area contributed by atoms with Crippen LogP contribution in [0.3, 0.4) is 0 Å². The summed E-state index contributed by atoms with van der Waals surface area (Å²) in [5, 5.41) is 13.5. The normalized spacial score (nSPS) is 18.3. The van der Waals surface area contributed by atoms with Gasteiger partial charge in [0.1, 0.15) is 24.2 Å². The molecule has 1 aliphatic carbocycles. The van der Waals surface area contributed by atoms with Gasteiger partial charge in [-0.25, -0.2) is 0 Å². The Morgan fingerprint density at radius 3 is 2.67 bits per heavy atom. The number of thiophene rings is 1. The van der Waals surface area contributed by atoms with E-state index in [4.69, 9.17) is 4.74 Å². The molecule has 5 nitrogen and oxygen atoms in total. The van der Waals surface area contributed by atoms with Gasteiger partial charge >= 0.3 is 0 Å². The molecular weight excluding hydrogens is 358 g/mol. The molecule has 27 heavy (non-hydrogen) atoms. The number of nitrogens with one attached hydrogen (secondary N) is 2. The predicted molar refractivity (Wildman–Crippen MR) is 105 cm³/mol. The second-order valence-electron chi connectivity index (χ2n) is 7.13. The summed E-state index contributed by atoms with van der Waals surface area (Å²) in [5.41, 5.74) is 2.83. The second kappa shape index (κ2) is 8.22. The zero-order chi connectivity index (χ0) is 18.6. The lowest BCUT2D eigenvalue weighted by Crippen LogP contribution is -3.15. The van der Waals surface area contributed by atoms with Crippen LogP contribution in [0.15, 0.2) is 30.3 Å². The number of ether oxygens (including phenoxy) is 1. The molecule has 2 aromatic rings. The van der Waals surface area contributed by atoms with Gasteiger partial charge in [0.15, 0.2) is 6.04 Å². The minimum atomic E-state index is -0.291. The van der Waals surface area contributed by atoms with Crippen molar-refractivity contribution >= 4 is 22.2 Å². The molecule has 1 amide bonds. The highest BCUT2D eigenvalue weighted by Gasteiger charge is 2.34. The van der Waals surface area contributed by atoms with Gasteiger partial charge in [-0.05, 0) is 31.2 Å². The van der Waals surface area contributed by atoms with E-state index in [1.807, 2.05) is 30.3 Å². The van der Waals surface area contributed by atoms with Crippen LogP contribution < -0.4 is 10.2 Å². The lowest BCUT2D eigenvalue weighted by atomic mass is 9.96. The molecule has 1 aromatic heterocycles. The molecule has 0 unspecified atom stereocenters. The smallest absolute Gasteiger partial charge is 0.288 e. The molecular formula is C21H24N3O2S+. The molecule has 2 aliphatic rings. The Hall–Kier alpha value is -2.20. The van der Waals surface area contributed by atoms with Gasteiger partial charge in [0.2, 0.25) is 0 Å². The lowest BCUT2D eigenvalue weighted by molar-refractivity contribution is -0.929. The van der Waals surface area contributed by atoms with E-state index in [2.05, 4.69) is 11.4 Å². The Balaban J connectivity index is 1.63. The standard InChI is InChI=1S/C21H23N3O2S/c22-14-17-16-8-4-5-9-18(16)27-21(17)23-20(25)19(15-6-2-1-3-7-15)24-10-12-26-13-11-24/h1-3,6-7,19H,4-5,8-13H2,(H,23,25)/p+1/t19-/m1/s1. The summed E-state index contributed by atoms with van der Waals surface area (Å²) < 4.78 is 5.48. The van der Waals surface area contributed by atoms with Gasteiger partial charge in [-0.2, -0.15) is 5.26 Å². The van der Waals surface area contributed by atoms with Crippen molar-refractivity contribution < 1.29 is 14.4 Å². The van der Waals surface area contributed by atoms with Gasteiger partial charge in [-0.3, -0.25) is 4.79 Å². The highest BCUT2D eigenvalue weighted by Crippen LogP contribution is 2.37. The first-order chi connectivity index (χ1) is 13.3. The van der Waals surface area contributed by atoms with Crippen molar-refractivity contribution in [2.45, 2.75) is 31.7 Å². The maximum atomic E-state index is 13.3. The van der Waals surface area contributed by atoms with Crippen LogP contribution >= 0.6 is 11.3 Å². The van der Waals surface area contributed by atoms with E-state index in [1.54, 1.807) is 11.3 Å². The summed E-state index contributed by atoms with van der Waals surface area (Å²) >= 11 is 1.59. The van der Waals surface area contributed by atoms with E-state index < -0.39 is 0 Å². The number of fused-ring (bicyclic) bond motifs is 1. The number of hydrogen-bond donors (Lipinski definition) is 2. The van der Waals surface area contributed by atoms with Crippen LogP contribution in [0.2, 0.25) is 0 Å². The van der Waals surface area contributed by atoms with Gasteiger partial charge in [0, 0.05) is 10.4 Å². The molecule has 0 spiro atoms. The number of nitriles is 1. The molecule has 6 heteroatoms. The number of benzene rings is 1. The third-order valence-electron chi connectivity index (χ3n) is 5.46. The number of carbonyl (C=O) groups excluding carboxylic acids is 1. The number of anilines is 1. The van der Waals surface area contributed by atoms with E-state index in [0.29, 0.717) is 18.8 Å². The summed E-state index contributed by atoms with van der Waals surface area (Å²) in [6.07, 6.45) is 4.25. The first kappa shape index (κ1) is 18.2. The number of aryl methyl sites for hydroxylation is 1. The van der Waals surface area contributed by atoms with Gasteiger partial charge < -0.3 is 15.0 Å². The summed E-state index contributed by atoms with van der Waals surface area (Å²) in [5.74, 6) is -0.0341. The van der Waals surface area contributed by atoms with Crippen molar-refractivity contribution in [3.8, 4) is 6.07 Å². The van der Waals surface area contributed by atoms with Crippen LogP contribution in [0.4, 0.5) is 5.00 Å². The number of morpholine rings is 1. The monoisotopic (exact) mass is 382 g/mol. The van der Waals surface area contributed by atoms with Crippen molar-refractivity contribution in [3.05, 3.63) is 51.9 Å². The van der Waals surface area contributed by atoms with Crippen molar-refractivity contribution in [2.75, 3.05) is 31.6 Å². The topological polar surface area (TPSA) is 66.6 Å². The highest BCUT2D eigenvalue weighted by atomic mass is 32.1. The Kier molecular flexibility index (Phi) is 5.53. The molecule has 1 aliphatic heterocycles. The van der Waals surface area contributed by atoms with E-state index >= 15 is 0 Å². The predicted octanol–water partition coefficient (Wildman–Crippen LogP) is 2.09. The van der Waals surface area contributed by atoms with Gasteiger partial charge in [-0.15, -0.1) is 11.3 Å². The highest BCUT2D eigenvalue weighted by molar-refractivity contribution is 7.16. The van der Waals surface area contributed by atoms with Crippen molar-refractivity contribution in [3.63, 3.8) is 0 Å². The fourth-order valence-corrected chi connectivity index (χ4v) is 5.34. The van der Waals surface area contributed by atoms with Gasteiger partial charge in [0.05, 0.1) is 18.8 Å². The third-order valence-corrected chi connectivity index (χ3v) is 6.67. The number of nitrogens with zero attached hydrogens (tertiary/aromatic N) is 1. The molecule has 2 N–H and O–H groups in total. The van der Waals surface area contributed by atoms with Crippen LogP contribution in [0, 0.1) is 11.3 Å². The number of rotatable bonds is 4. The number of quaternary nitrogens is 1. The Morgan fingerprint density at radius 2 is 1.93 bits per heavy atom. The van der Waals surface area contributed by atoms with E-state index in [0.717, 1.165) is 54.9 Å². The molecule has 0 bridgehead atoms. The first-order valence-electron chi connectivity index (χ1n) is 9.60. The van der Waals surface area contributed by atoms with Gasteiger partial charge in [0.25, 0.3) is 5.91 Å². The van der Waals surface area contributed by atoms with Crippen LogP contribution in [0.25, 0.3) is 0 Å². The Morgan fingerprint density at radius 1 is 1.19 bits per heavy atom. The van der Waals surface area contributed by atoms with Crippen molar-refractivity contribution in [1.82, 2.24) is 0 Å². The zero-order valence-corrected chi connectivity index (χ0v) is 16.1. The molecule has 2 heterocycles. The average molecular weight is 383 g/mol. The maximum Gasteiger partial charge on any atom is 0.288 e. The van der Waals surface area contributed by atoms with Crippen molar-refractivity contribution in [2.24, 2.45) is 0 Å². The van der Waals surface area contributed by atoms with Crippen LogP contribution in [0.5, 0.6) is 0 Å². The largest absolute Gasteiger partial charge is 0.370 e. The third kappa shape index (κ3) is 3.77. The molecule has 1 saturated heterocycles. The van der Waals surface area contributed by atoms with Crippen LogP contribution in [0.1, 0.15) is 40.5 Å². The molecule has 140 valence electrons. The average Bonchev–Trinajstić information content (AvgIpc) is 3.06. The fraction of sp³-hybridized carbons (Fsp3) is 0.429. The molecule has 1 fully saturated rings. The fourth-order valence-electron chi connectivity index (χ4n) is 4.10. The SMILES string of the molecule is N#Cc1c(NC(=O)[C@@H](c2ccccc2)[NH+]2CCOCC2)sc2c1CCCC2. The summed E-state index contributed by atoms with van der Waals surface area (Å²) in [7, 11) is 0. The molecule has 0 saturated carbocycles. The molecule has 1 aromatic carbocycles. The van der Waals surface area contributed by atoms with E-state index in [9.17, 15) is 10.1 Å². The minimum absolute atomic E-state index is 0.0341. The summed E-state index contributed by atoms with van der Waals surface area (Å²) in [6.45, 7) is 2.95. The first-order valence-corrected chi connectivity index (χ1v) is 10.4. The quantitative estimate of drug-likeness (QED) is 0.851. The Labute approximate surface area is 163 Å². The number of amides is 1. The van der Waals surface area contributed by atoms with E-state index in [1.165, 1.54) is 9.78 Å². The second-order valence-corrected chi connectivity index (χ2v) is 8.24. The number of carbonyl (C=O) groups is 1. The van der Waals surface area contributed by atoms with Crippen LogP contribution in [-0.2, 0) is 22.4 Å². The maximum absolute atomic E-state index is 13.3. The summed E-state index contributed by atoms with van der Waals surface area (Å²) in [4.78, 5) is 15.8. The van der Waals surface area contributed by atoms with Crippen molar-refractivity contribution in [1.29, 1.82) is 5.26 Å². The van der Waals surface area contributed by atoms with Crippen LogP contribution in [-0.4, -0.2) is 32.2 Å².